The number of carbonyl (C=O) groups excluding carboxylic acids is 2. The molecule has 0 spiro atoms. The van der Waals surface area contributed by atoms with Crippen molar-refractivity contribution in [1.29, 1.82) is 0 Å². The van der Waals surface area contributed by atoms with Crippen molar-refractivity contribution in [3.8, 4) is 0 Å². The lowest BCUT2D eigenvalue weighted by Crippen LogP contribution is -2.45. The van der Waals surface area contributed by atoms with Gasteiger partial charge in [-0.25, -0.2) is 4.79 Å². The largest absolute Gasteiger partial charge is 0.417 e. The summed E-state index contributed by atoms with van der Waals surface area (Å²) in [7, 11) is 0. The van der Waals surface area contributed by atoms with Gasteiger partial charge in [-0.2, -0.15) is 13.2 Å². The third kappa shape index (κ3) is 3.69. The Morgan fingerprint density at radius 1 is 1.48 bits per heavy atom. The van der Waals surface area contributed by atoms with Crippen molar-refractivity contribution in [2.24, 2.45) is 0 Å². The van der Waals surface area contributed by atoms with Gasteiger partial charge in [-0.15, -0.1) is 0 Å². The molecular weight excluding hydrogens is 335 g/mol. The zero-order chi connectivity index (χ0) is 17.2. The summed E-state index contributed by atoms with van der Waals surface area (Å²) in [4.78, 5) is 25.0. The van der Waals surface area contributed by atoms with E-state index < -0.39 is 28.7 Å². The van der Waals surface area contributed by atoms with Crippen molar-refractivity contribution in [1.82, 2.24) is 15.5 Å². The summed E-state index contributed by atoms with van der Waals surface area (Å²) in [5, 5.41) is 4.63. The number of carbonyl (C=O) groups is 2. The smallest absolute Gasteiger partial charge is 0.350 e. The third-order valence-electron chi connectivity index (χ3n) is 3.56. The molecule has 1 aliphatic rings. The van der Waals surface area contributed by atoms with Crippen LogP contribution in [0.25, 0.3) is 0 Å². The Kier molecular flexibility index (Phi) is 5.03. The lowest BCUT2D eigenvalue weighted by Gasteiger charge is -2.20. The maximum atomic E-state index is 12.8. The highest BCUT2D eigenvalue weighted by molar-refractivity contribution is 6.32. The Bertz CT molecular complexity index is 622. The maximum absolute atomic E-state index is 12.8. The molecule has 1 aromatic rings. The average Bonchev–Trinajstić information content (AvgIpc) is 2.85. The molecule has 0 radical (unpaired) electrons. The standard InChI is InChI=1S/C14H15ClF3N3O2/c1-2-21-10(7-20-13(21)23)12(22)19-6-8-4-3-5-9(11(8)15)14(16,17)18/h3-5,10H,2,6-7H2,1H3,(H,19,22)(H,20,23)/t10-/m0/s1. The number of amides is 3. The quantitative estimate of drug-likeness (QED) is 0.876. The van der Waals surface area contributed by atoms with Crippen molar-refractivity contribution < 1.29 is 22.8 Å². The Morgan fingerprint density at radius 3 is 2.78 bits per heavy atom. The molecule has 1 heterocycles. The molecule has 5 nitrogen and oxygen atoms in total. The van der Waals surface area contributed by atoms with Gasteiger partial charge in [0, 0.05) is 19.6 Å². The van der Waals surface area contributed by atoms with Crippen LogP contribution >= 0.6 is 11.6 Å². The number of hydrogen-bond acceptors (Lipinski definition) is 2. The molecule has 0 bridgehead atoms. The van der Waals surface area contributed by atoms with Crippen LogP contribution in [0.3, 0.4) is 0 Å². The fourth-order valence-corrected chi connectivity index (χ4v) is 2.67. The highest BCUT2D eigenvalue weighted by atomic mass is 35.5. The molecule has 2 N–H and O–H groups in total. The molecule has 2 rings (SSSR count). The molecule has 1 saturated heterocycles. The van der Waals surface area contributed by atoms with Crippen LogP contribution in [0.15, 0.2) is 18.2 Å². The highest BCUT2D eigenvalue weighted by Gasteiger charge is 2.35. The summed E-state index contributed by atoms with van der Waals surface area (Å²) in [5.74, 6) is -0.446. The van der Waals surface area contributed by atoms with E-state index in [2.05, 4.69) is 10.6 Å². The van der Waals surface area contributed by atoms with E-state index in [9.17, 15) is 22.8 Å². The highest BCUT2D eigenvalue weighted by Crippen LogP contribution is 2.36. The molecular formula is C14H15ClF3N3O2. The number of likely N-dealkylation sites (N-methyl/N-ethyl adjacent to an activating group) is 1. The Balaban J connectivity index is 2.07. The van der Waals surface area contributed by atoms with Crippen LogP contribution in [-0.2, 0) is 17.5 Å². The Labute approximate surface area is 135 Å². The molecule has 126 valence electrons. The van der Waals surface area contributed by atoms with E-state index in [4.69, 9.17) is 11.6 Å². The first-order chi connectivity index (χ1) is 10.8. The molecule has 9 heteroatoms. The van der Waals surface area contributed by atoms with E-state index in [1.54, 1.807) is 6.92 Å². The summed E-state index contributed by atoms with van der Waals surface area (Å²) in [5.41, 5.74) is -0.783. The molecule has 1 aromatic carbocycles. The number of urea groups is 1. The van der Waals surface area contributed by atoms with Crippen LogP contribution in [0.4, 0.5) is 18.0 Å². The number of rotatable bonds is 4. The van der Waals surface area contributed by atoms with Gasteiger partial charge < -0.3 is 15.5 Å². The van der Waals surface area contributed by atoms with Gasteiger partial charge >= 0.3 is 12.2 Å². The minimum absolute atomic E-state index is 0.149. The maximum Gasteiger partial charge on any atom is 0.417 e. The summed E-state index contributed by atoms with van der Waals surface area (Å²) in [6.07, 6.45) is -4.56. The predicted octanol–water partition coefficient (Wildman–Crippen LogP) is 2.39. The van der Waals surface area contributed by atoms with Crippen molar-refractivity contribution in [3.05, 3.63) is 34.3 Å². The van der Waals surface area contributed by atoms with Gasteiger partial charge in [-0.1, -0.05) is 23.7 Å². The number of nitrogens with one attached hydrogen (secondary N) is 2. The fraction of sp³-hybridized carbons (Fsp3) is 0.429. The van der Waals surface area contributed by atoms with Gasteiger partial charge in [0.25, 0.3) is 0 Å². The van der Waals surface area contributed by atoms with Crippen LogP contribution in [0, 0.1) is 0 Å². The minimum atomic E-state index is -4.56. The fourth-order valence-electron chi connectivity index (χ4n) is 2.37. The van der Waals surface area contributed by atoms with Gasteiger partial charge in [-0.3, -0.25) is 4.79 Å². The van der Waals surface area contributed by atoms with Gasteiger partial charge in [-0.05, 0) is 18.6 Å². The van der Waals surface area contributed by atoms with Crippen molar-refractivity contribution >= 4 is 23.5 Å². The number of benzene rings is 1. The lowest BCUT2D eigenvalue weighted by atomic mass is 10.1. The van der Waals surface area contributed by atoms with Crippen LogP contribution in [0.2, 0.25) is 5.02 Å². The molecule has 23 heavy (non-hydrogen) atoms. The molecule has 3 amide bonds. The summed E-state index contributed by atoms with van der Waals surface area (Å²) < 4.78 is 38.4. The van der Waals surface area contributed by atoms with Gasteiger partial charge in [0.1, 0.15) is 6.04 Å². The van der Waals surface area contributed by atoms with Crippen LogP contribution in [0.1, 0.15) is 18.1 Å². The first-order valence-corrected chi connectivity index (χ1v) is 7.30. The van der Waals surface area contributed by atoms with E-state index in [0.29, 0.717) is 6.54 Å². The zero-order valence-electron chi connectivity index (χ0n) is 12.2. The van der Waals surface area contributed by atoms with Crippen LogP contribution in [-0.4, -0.2) is 36.0 Å². The molecule has 0 saturated carbocycles. The number of hydrogen-bond donors (Lipinski definition) is 2. The second kappa shape index (κ2) is 6.66. The molecule has 0 aliphatic carbocycles. The first-order valence-electron chi connectivity index (χ1n) is 6.92. The number of alkyl halides is 3. The number of nitrogens with zero attached hydrogens (tertiary/aromatic N) is 1. The van der Waals surface area contributed by atoms with Gasteiger partial charge in [0.05, 0.1) is 10.6 Å². The van der Waals surface area contributed by atoms with E-state index in [1.807, 2.05) is 0 Å². The SMILES string of the molecule is CCN1C(=O)NC[C@H]1C(=O)NCc1cccc(C(F)(F)F)c1Cl. The van der Waals surface area contributed by atoms with E-state index in [0.717, 1.165) is 6.07 Å². The lowest BCUT2D eigenvalue weighted by molar-refractivity contribution is -0.137. The first kappa shape index (κ1) is 17.4. The molecule has 0 aromatic heterocycles. The topological polar surface area (TPSA) is 61.4 Å². The van der Waals surface area contributed by atoms with Crippen LogP contribution in [0.5, 0.6) is 0 Å². The van der Waals surface area contributed by atoms with Crippen molar-refractivity contribution in [2.45, 2.75) is 25.7 Å². The van der Waals surface area contributed by atoms with E-state index in [1.165, 1.54) is 17.0 Å². The van der Waals surface area contributed by atoms with Crippen molar-refractivity contribution in [3.63, 3.8) is 0 Å². The zero-order valence-corrected chi connectivity index (χ0v) is 13.0. The monoisotopic (exact) mass is 349 g/mol. The van der Waals surface area contributed by atoms with Gasteiger partial charge in [0.15, 0.2) is 0 Å². The Morgan fingerprint density at radius 2 is 2.17 bits per heavy atom. The number of halogens is 4. The van der Waals surface area contributed by atoms with Gasteiger partial charge in [0.2, 0.25) is 5.91 Å². The molecule has 1 aliphatic heterocycles. The molecule has 0 unspecified atom stereocenters. The molecule has 1 atom stereocenters. The van der Waals surface area contributed by atoms with Crippen molar-refractivity contribution in [2.75, 3.05) is 13.1 Å². The predicted molar refractivity (Wildman–Crippen MR) is 77.9 cm³/mol. The van der Waals surface area contributed by atoms with Crippen LogP contribution < -0.4 is 10.6 Å². The van der Waals surface area contributed by atoms with E-state index in [-0.39, 0.29) is 24.7 Å². The second-order valence-corrected chi connectivity index (χ2v) is 5.36. The Hall–Kier alpha value is -1.96. The summed E-state index contributed by atoms with van der Waals surface area (Å²) in [6, 6.07) is 2.50. The summed E-state index contributed by atoms with van der Waals surface area (Å²) in [6.45, 7) is 2.10. The molecule has 1 fully saturated rings. The third-order valence-corrected chi connectivity index (χ3v) is 4.01. The summed E-state index contributed by atoms with van der Waals surface area (Å²) >= 11 is 5.77. The normalized spacial score (nSPS) is 18.0. The second-order valence-electron chi connectivity index (χ2n) is 4.98. The average molecular weight is 350 g/mol. The van der Waals surface area contributed by atoms with E-state index >= 15 is 0 Å². The minimum Gasteiger partial charge on any atom is -0.350 e.